The highest BCUT2D eigenvalue weighted by molar-refractivity contribution is 6.23. The monoisotopic (exact) mass is 371 g/mol. The molecule has 1 aliphatic rings. The van der Waals surface area contributed by atoms with Gasteiger partial charge >= 0.3 is 0 Å². The summed E-state index contributed by atoms with van der Waals surface area (Å²) in [6, 6.07) is 29.8. The van der Waals surface area contributed by atoms with Crippen LogP contribution in [0.1, 0.15) is 11.1 Å². The minimum atomic E-state index is -0.910. The maximum Gasteiger partial charge on any atom is 0.222 e. The van der Waals surface area contributed by atoms with Gasteiger partial charge in [0.05, 0.1) is 6.20 Å². The summed E-state index contributed by atoms with van der Waals surface area (Å²) in [5.41, 5.74) is 1.13. The fourth-order valence-electron chi connectivity index (χ4n) is 4.49. The first kappa shape index (κ1) is 16.1. The number of rotatable bonds is 2. The third-order valence-electron chi connectivity index (χ3n) is 5.78. The van der Waals surface area contributed by atoms with Crippen molar-refractivity contribution >= 4 is 38.5 Å². The average molecular weight is 371 g/mol. The van der Waals surface area contributed by atoms with Crippen LogP contribution < -0.4 is 0 Å². The quantitative estimate of drug-likeness (QED) is 0.305. The number of allylic oxidation sites excluding steroid dienone is 1. The van der Waals surface area contributed by atoms with E-state index in [1.165, 1.54) is 26.9 Å². The Kier molecular flexibility index (Phi) is 3.38. The van der Waals surface area contributed by atoms with Gasteiger partial charge in [-0.15, -0.1) is 5.11 Å². The van der Waals surface area contributed by atoms with Gasteiger partial charge in [0.15, 0.2) is 0 Å². The van der Waals surface area contributed by atoms with E-state index in [0.29, 0.717) is 0 Å². The van der Waals surface area contributed by atoms with E-state index in [-0.39, 0.29) is 0 Å². The first-order chi connectivity index (χ1) is 14.4. The SMILES string of the molecule is C1=CN=NC(c2ccccc2)(c2ccc3ccc4cccc5ccc2c3c45)N=C1. The fraction of sp³-hybridized carbons (Fsp3) is 0.0385. The number of benzene rings is 5. The highest BCUT2D eigenvalue weighted by atomic mass is 15.2. The molecule has 3 nitrogen and oxygen atoms in total. The number of hydrogen-bond donors (Lipinski definition) is 0. The zero-order valence-corrected chi connectivity index (χ0v) is 15.7. The first-order valence-electron chi connectivity index (χ1n) is 9.72. The molecule has 1 atom stereocenters. The molecule has 29 heavy (non-hydrogen) atoms. The Bertz CT molecular complexity index is 1410. The number of hydrogen-bond acceptors (Lipinski definition) is 3. The smallest absolute Gasteiger partial charge is 0.222 e. The van der Waals surface area contributed by atoms with Crippen molar-refractivity contribution in [2.45, 2.75) is 5.66 Å². The highest BCUT2D eigenvalue weighted by Crippen LogP contribution is 2.44. The highest BCUT2D eigenvalue weighted by Gasteiger charge is 2.36. The molecule has 0 radical (unpaired) electrons. The Labute approximate surface area is 168 Å². The summed E-state index contributed by atoms with van der Waals surface area (Å²) >= 11 is 0. The van der Waals surface area contributed by atoms with Crippen molar-refractivity contribution in [3.63, 3.8) is 0 Å². The molecule has 0 spiro atoms. The first-order valence-corrected chi connectivity index (χ1v) is 9.72. The van der Waals surface area contributed by atoms with Gasteiger partial charge in [0.1, 0.15) is 0 Å². The van der Waals surface area contributed by atoms with E-state index in [9.17, 15) is 0 Å². The lowest BCUT2D eigenvalue weighted by Crippen LogP contribution is -2.23. The molecule has 0 N–H and O–H groups in total. The van der Waals surface area contributed by atoms with Gasteiger partial charge in [-0.05, 0) is 38.4 Å². The lowest BCUT2D eigenvalue weighted by molar-refractivity contribution is 0.553. The molecule has 1 unspecified atom stereocenters. The van der Waals surface area contributed by atoms with E-state index < -0.39 is 5.66 Å². The van der Waals surface area contributed by atoms with Crippen LogP contribution in [0.2, 0.25) is 0 Å². The molecule has 0 amide bonds. The number of aliphatic imine (C=N–C) groups is 1. The van der Waals surface area contributed by atoms with Crippen LogP contribution >= 0.6 is 0 Å². The Morgan fingerprint density at radius 3 is 2.17 bits per heavy atom. The molecule has 1 heterocycles. The predicted octanol–water partition coefficient (Wildman–Crippen LogP) is 6.84. The molecular formula is C26H17N3. The predicted molar refractivity (Wildman–Crippen MR) is 120 cm³/mol. The summed E-state index contributed by atoms with van der Waals surface area (Å²) in [6.07, 6.45) is 5.30. The molecular weight excluding hydrogens is 354 g/mol. The average Bonchev–Trinajstić information content (AvgIpc) is 3.05. The van der Waals surface area contributed by atoms with Crippen LogP contribution in [0.25, 0.3) is 32.3 Å². The molecule has 3 heteroatoms. The topological polar surface area (TPSA) is 37.1 Å². The van der Waals surface area contributed by atoms with E-state index in [4.69, 9.17) is 10.1 Å². The zero-order valence-electron chi connectivity index (χ0n) is 15.7. The Hall–Kier alpha value is -3.85. The van der Waals surface area contributed by atoms with Crippen LogP contribution in [0.5, 0.6) is 0 Å². The van der Waals surface area contributed by atoms with Gasteiger partial charge in [-0.1, -0.05) is 84.9 Å². The van der Waals surface area contributed by atoms with E-state index in [1.807, 2.05) is 24.3 Å². The Balaban J connectivity index is 1.78. The van der Waals surface area contributed by atoms with E-state index in [1.54, 1.807) is 12.4 Å². The third kappa shape index (κ3) is 2.28. The minimum Gasteiger partial charge on any atom is -0.252 e. The molecule has 1 aliphatic heterocycles. The van der Waals surface area contributed by atoms with Crippen LogP contribution in [0.15, 0.2) is 112 Å². The maximum atomic E-state index is 4.91. The largest absolute Gasteiger partial charge is 0.252 e. The number of nitrogens with zero attached hydrogens (tertiary/aromatic N) is 3. The molecule has 0 saturated heterocycles. The number of azo groups is 1. The molecule has 0 aromatic heterocycles. The third-order valence-corrected chi connectivity index (χ3v) is 5.78. The van der Waals surface area contributed by atoms with Gasteiger partial charge in [0.2, 0.25) is 5.66 Å². The second-order valence-corrected chi connectivity index (χ2v) is 7.34. The molecule has 0 bridgehead atoms. The summed E-state index contributed by atoms with van der Waals surface area (Å²) in [4.78, 5) is 4.91. The summed E-state index contributed by atoms with van der Waals surface area (Å²) in [5, 5.41) is 16.5. The lowest BCUT2D eigenvalue weighted by atomic mass is 9.85. The molecule has 0 aliphatic carbocycles. The fourth-order valence-corrected chi connectivity index (χ4v) is 4.49. The summed E-state index contributed by atoms with van der Waals surface area (Å²) < 4.78 is 0. The van der Waals surface area contributed by atoms with Crippen molar-refractivity contribution in [3.05, 3.63) is 108 Å². The van der Waals surface area contributed by atoms with Crippen molar-refractivity contribution in [3.8, 4) is 0 Å². The summed E-state index contributed by atoms with van der Waals surface area (Å²) in [5.74, 6) is 0. The molecule has 0 saturated carbocycles. The van der Waals surface area contributed by atoms with Crippen molar-refractivity contribution in [2.24, 2.45) is 15.2 Å². The van der Waals surface area contributed by atoms with Crippen molar-refractivity contribution in [2.75, 3.05) is 0 Å². The van der Waals surface area contributed by atoms with Crippen LogP contribution in [0.3, 0.4) is 0 Å². The summed E-state index contributed by atoms with van der Waals surface area (Å²) in [7, 11) is 0. The zero-order chi connectivity index (χ0) is 19.3. The van der Waals surface area contributed by atoms with E-state index in [2.05, 4.69) is 71.8 Å². The normalized spacial score (nSPS) is 18.8. The minimum absolute atomic E-state index is 0.910. The van der Waals surface area contributed by atoms with Gasteiger partial charge in [-0.3, -0.25) is 4.99 Å². The second-order valence-electron chi connectivity index (χ2n) is 7.34. The second kappa shape index (κ2) is 6.08. The molecule has 136 valence electrons. The van der Waals surface area contributed by atoms with Gasteiger partial charge in [-0.25, -0.2) is 0 Å². The Morgan fingerprint density at radius 2 is 1.34 bits per heavy atom. The van der Waals surface area contributed by atoms with Crippen LogP contribution in [0.4, 0.5) is 0 Å². The Morgan fingerprint density at radius 1 is 0.621 bits per heavy atom. The van der Waals surface area contributed by atoms with Crippen molar-refractivity contribution < 1.29 is 0 Å². The van der Waals surface area contributed by atoms with E-state index in [0.717, 1.165) is 16.5 Å². The van der Waals surface area contributed by atoms with Crippen LogP contribution in [-0.4, -0.2) is 6.21 Å². The molecule has 6 rings (SSSR count). The maximum absolute atomic E-state index is 4.91. The standard InChI is InChI=1S/C26H17N3/c1-2-8-21(9-3-1)26(27-16-5-17-28-29-26)23-15-13-20-11-10-18-6-4-7-19-12-14-22(23)25(20)24(18)19/h1-17H. The lowest BCUT2D eigenvalue weighted by Gasteiger charge is -2.27. The molecule has 5 aromatic carbocycles. The van der Waals surface area contributed by atoms with Crippen LogP contribution in [-0.2, 0) is 5.66 Å². The molecule has 0 fully saturated rings. The van der Waals surface area contributed by atoms with Gasteiger partial charge in [0, 0.05) is 17.3 Å². The van der Waals surface area contributed by atoms with Crippen molar-refractivity contribution in [1.29, 1.82) is 0 Å². The van der Waals surface area contributed by atoms with Gasteiger partial charge < -0.3 is 0 Å². The van der Waals surface area contributed by atoms with E-state index >= 15 is 0 Å². The molecule has 5 aromatic rings. The van der Waals surface area contributed by atoms with Crippen LogP contribution in [0, 0.1) is 0 Å². The van der Waals surface area contributed by atoms with Crippen molar-refractivity contribution in [1.82, 2.24) is 0 Å². The van der Waals surface area contributed by atoms with Gasteiger partial charge in [-0.2, -0.15) is 5.11 Å². The van der Waals surface area contributed by atoms with Gasteiger partial charge in [0.25, 0.3) is 0 Å². The summed E-state index contributed by atoms with van der Waals surface area (Å²) in [6.45, 7) is 0.